The Morgan fingerprint density at radius 1 is 1.69 bits per heavy atom. The summed E-state index contributed by atoms with van der Waals surface area (Å²) in [6, 6.07) is -0.669. The van der Waals surface area contributed by atoms with Crippen molar-refractivity contribution in [2.45, 2.75) is 25.8 Å². The van der Waals surface area contributed by atoms with Crippen LogP contribution in [0, 0.1) is 0 Å². The number of nitrogens with zero attached hydrogens (tertiary/aromatic N) is 3. The molecule has 1 heterocycles. The van der Waals surface area contributed by atoms with Gasteiger partial charge in [0, 0.05) is 6.42 Å². The Kier molecular flexibility index (Phi) is 2.60. The van der Waals surface area contributed by atoms with Crippen LogP contribution in [0.5, 0.6) is 0 Å². The lowest BCUT2D eigenvalue weighted by Crippen LogP contribution is -2.33. The molecule has 3 N–H and O–H groups in total. The first kappa shape index (κ1) is 9.63. The minimum absolute atomic E-state index is 0.373. The van der Waals surface area contributed by atoms with Gasteiger partial charge in [-0.3, -0.25) is 0 Å². The van der Waals surface area contributed by atoms with Crippen molar-refractivity contribution < 1.29 is 4.79 Å². The minimum atomic E-state index is -0.669. The highest BCUT2D eigenvalue weighted by atomic mass is 16.2. The number of carbonyl (C=O) groups is 1. The van der Waals surface area contributed by atoms with Crippen LogP contribution >= 0.6 is 0 Å². The standard InChI is InChI=1S/C7H13N5O/c1-5(10-11-6(8)13)7(2)3-4-9-12-7/h3-4H2,1-2H3,(H3,8,11,13)/b10-5+. The number of amides is 2. The lowest BCUT2D eigenvalue weighted by molar-refractivity contribution is 0.249. The molecule has 1 rings (SSSR count). The summed E-state index contributed by atoms with van der Waals surface area (Å²) in [5.41, 5.74) is 7.39. The molecule has 0 spiro atoms. The van der Waals surface area contributed by atoms with Crippen molar-refractivity contribution >= 4 is 11.7 Å². The molecule has 0 saturated heterocycles. The summed E-state index contributed by atoms with van der Waals surface area (Å²) in [5, 5.41) is 11.7. The molecule has 0 bridgehead atoms. The first-order valence-electron chi connectivity index (χ1n) is 4.03. The van der Waals surface area contributed by atoms with E-state index >= 15 is 0 Å². The predicted molar refractivity (Wildman–Crippen MR) is 48.6 cm³/mol. The Balaban J connectivity index is 2.65. The molecule has 0 aliphatic carbocycles. The molecule has 13 heavy (non-hydrogen) atoms. The van der Waals surface area contributed by atoms with Crippen LogP contribution in [-0.4, -0.2) is 23.8 Å². The SMILES string of the molecule is C/C(=N\NC(N)=O)C1(C)CCN=N1. The van der Waals surface area contributed by atoms with Crippen molar-refractivity contribution in [1.29, 1.82) is 0 Å². The van der Waals surface area contributed by atoms with Crippen molar-refractivity contribution in [2.75, 3.05) is 6.54 Å². The Labute approximate surface area is 76.3 Å². The zero-order chi connectivity index (χ0) is 9.90. The topological polar surface area (TPSA) is 92.2 Å². The number of rotatable bonds is 2. The average molecular weight is 183 g/mol. The highest BCUT2D eigenvalue weighted by Crippen LogP contribution is 2.23. The third-order valence-electron chi connectivity index (χ3n) is 2.10. The Morgan fingerprint density at radius 2 is 2.38 bits per heavy atom. The summed E-state index contributed by atoms with van der Waals surface area (Å²) in [5.74, 6) is 0. The normalized spacial score (nSPS) is 27.7. The van der Waals surface area contributed by atoms with Crippen molar-refractivity contribution in [3.8, 4) is 0 Å². The zero-order valence-electron chi connectivity index (χ0n) is 7.74. The number of nitrogens with one attached hydrogen (secondary N) is 1. The molecule has 6 heteroatoms. The van der Waals surface area contributed by atoms with E-state index in [0.717, 1.165) is 6.42 Å². The second-order valence-corrected chi connectivity index (χ2v) is 3.16. The van der Waals surface area contributed by atoms with E-state index in [1.165, 1.54) is 0 Å². The second-order valence-electron chi connectivity index (χ2n) is 3.16. The van der Waals surface area contributed by atoms with E-state index in [4.69, 9.17) is 5.73 Å². The second kappa shape index (κ2) is 3.51. The smallest absolute Gasteiger partial charge is 0.332 e. The van der Waals surface area contributed by atoms with Gasteiger partial charge >= 0.3 is 6.03 Å². The molecule has 0 aromatic rings. The number of carbonyl (C=O) groups excluding carboxylic acids is 1. The number of primary amides is 1. The maximum Gasteiger partial charge on any atom is 0.332 e. The van der Waals surface area contributed by atoms with Crippen LogP contribution in [0.4, 0.5) is 4.79 Å². The average Bonchev–Trinajstić information content (AvgIpc) is 2.49. The van der Waals surface area contributed by atoms with E-state index in [2.05, 4.69) is 20.8 Å². The highest BCUT2D eigenvalue weighted by Gasteiger charge is 2.30. The first-order chi connectivity index (χ1) is 6.04. The lowest BCUT2D eigenvalue weighted by Gasteiger charge is -2.17. The van der Waals surface area contributed by atoms with Crippen molar-refractivity contribution in [3.05, 3.63) is 0 Å². The molecule has 1 aliphatic rings. The Morgan fingerprint density at radius 3 is 2.85 bits per heavy atom. The molecule has 6 nitrogen and oxygen atoms in total. The minimum Gasteiger partial charge on any atom is -0.350 e. The molecule has 0 aromatic heterocycles. The maximum atomic E-state index is 10.4. The number of hydrogen-bond donors (Lipinski definition) is 2. The summed E-state index contributed by atoms with van der Waals surface area (Å²) in [4.78, 5) is 10.4. The third-order valence-corrected chi connectivity index (χ3v) is 2.10. The summed E-state index contributed by atoms with van der Waals surface area (Å²) >= 11 is 0. The van der Waals surface area contributed by atoms with Gasteiger partial charge in [0.05, 0.1) is 12.3 Å². The molecule has 0 radical (unpaired) electrons. The van der Waals surface area contributed by atoms with Crippen LogP contribution in [0.2, 0.25) is 0 Å². The molecule has 0 aromatic carbocycles. The monoisotopic (exact) mass is 183 g/mol. The molecule has 1 unspecified atom stereocenters. The fraction of sp³-hybridized carbons (Fsp3) is 0.714. The van der Waals surface area contributed by atoms with Gasteiger partial charge in [0.15, 0.2) is 0 Å². The summed E-state index contributed by atoms with van der Waals surface area (Å²) in [6.45, 7) is 4.42. The van der Waals surface area contributed by atoms with Crippen molar-refractivity contribution in [1.82, 2.24) is 5.43 Å². The lowest BCUT2D eigenvalue weighted by atomic mass is 9.95. The zero-order valence-corrected chi connectivity index (χ0v) is 7.74. The highest BCUT2D eigenvalue weighted by molar-refractivity contribution is 5.92. The van der Waals surface area contributed by atoms with Crippen LogP contribution in [0.15, 0.2) is 15.3 Å². The third kappa shape index (κ3) is 2.24. The number of azo groups is 1. The van der Waals surface area contributed by atoms with Crippen LogP contribution in [-0.2, 0) is 0 Å². The van der Waals surface area contributed by atoms with Gasteiger partial charge in [0.25, 0.3) is 0 Å². The number of hydrogen-bond acceptors (Lipinski definition) is 4. The van der Waals surface area contributed by atoms with Gasteiger partial charge in [-0.05, 0) is 13.8 Å². The first-order valence-corrected chi connectivity index (χ1v) is 4.03. The molecule has 0 saturated carbocycles. The fourth-order valence-corrected chi connectivity index (χ4v) is 1.04. The van der Waals surface area contributed by atoms with Gasteiger partial charge in [-0.2, -0.15) is 15.3 Å². The molecule has 1 atom stereocenters. The number of urea groups is 1. The van der Waals surface area contributed by atoms with Crippen LogP contribution in [0.3, 0.4) is 0 Å². The summed E-state index contributed by atoms with van der Waals surface area (Å²) in [6.07, 6.45) is 0.822. The Bertz CT molecular complexity index is 272. The molecule has 0 fully saturated rings. The summed E-state index contributed by atoms with van der Waals surface area (Å²) in [7, 11) is 0. The van der Waals surface area contributed by atoms with E-state index in [1.54, 1.807) is 6.92 Å². The van der Waals surface area contributed by atoms with Crippen LogP contribution in [0.25, 0.3) is 0 Å². The van der Waals surface area contributed by atoms with Gasteiger partial charge in [-0.25, -0.2) is 10.2 Å². The fourth-order valence-electron chi connectivity index (χ4n) is 1.04. The van der Waals surface area contributed by atoms with Gasteiger partial charge < -0.3 is 5.73 Å². The predicted octanol–water partition coefficient (Wildman–Crippen LogP) is 0.645. The van der Waals surface area contributed by atoms with E-state index in [-0.39, 0.29) is 5.54 Å². The molecule has 72 valence electrons. The molecule has 2 amide bonds. The van der Waals surface area contributed by atoms with Crippen molar-refractivity contribution in [3.63, 3.8) is 0 Å². The molecular weight excluding hydrogens is 170 g/mol. The van der Waals surface area contributed by atoms with Crippen LogP contribution in [0.1, 0.15) is 20.3 Å². The largest absolute Gasteiger partial charge is 0.350 e. The van der Waals surface area contributed by atoms with E-state index in [9.17, 15) is 4.79 Å². The van der Waals surface area contributed by atoms with E-state index in [0.29, 0.717) is 12.3 Å². The van der Waals surface area contributed by atoms with Crippen molar-refractivity contribution in [2.24, 2.45) is 21.1 Å². The number of hydrazone groups is 1. The molecular formula is C7H13N5O. The Hall–Kier alpha value is -1.46. The van der Waals surface area contributed by atoms with Gasteiger partial charge in [0.1, 0.15) is 5.54 Å². The van der Waals surface area contributed by atoms with Gasteiger partial charge in [0.2, 0.25) is 0 Å². The summed E-state index contributed by atoms with van der Waals surface area (Å²) < 4.78 is 0. The van der Waals surface area contributed by atoms with E-state index < -0.39 is 6.03 Å². The quantitative estimate of drug-likeness (QED) is 0.477. The van der Waals surface area contributed by atoms with Gasteiger partial charge in [-0.1, -0.05) is 0 Å². The van der Waals surface area contributed by atoms with E-state index in [1.807, 2.05) is 6.92 Å². The number of nitrogens with two attached hydrogens (primary N) is 1. The maximum absolute atomic E-state index is 10.4. The molecule has 1 aliphatic heterocycles. The van der Waals surface area contributed by atoms with Gasteiger partial charge in [-0.15, -0.1) is 0 Å². The van der Waals surface area contributed by atoms with Crippen LogP contribution < -0.4 is 11.2 Å².